The van der Waals surface area contributed by atoms with Gasteiger partial charge in [0.25, 0.3) is 0 Å². The first-order valence-corrected chi connectivity index (χ1v) is 7.77. The summed E-state index contributed by atoms with van der Waals surface area (Å²) in [5.74, 6) is -0.453. The number of carbonyl (C=O) groups is 2. The number of nitrogens with zero attached hydrogens (tertiary/aromatic N) is 1. The summed E-state index contributed by atoms with van der Waals surface area (Å²) in [6.07, 6.45) is 1.81. The van der Waals surface area contributed by atoms with Gasteiger partial charge in [0.15, 0.2) is 0 Å². The number of hydrogen-bond acceptors (Lipinski definition) is 3. The molecule has 0 saturated carbocycles. The molecule has 0 radical (unpaired) electrons. The number of carbonyl (C=O) groups excluding carboxylic acids is 1. The first kappa shape index (κ1) is 17.6. The molecule has 2 N–H and O–H groups in total. The molecule has 6 heteroatoms. The summed E-state index contributed by atoms with van der Waals surface area (Å²) >= 11 is 0. The van der Waals surface area contributed by atoms with E-state index in [0.29, 0.717) is 24.3 Å². The number of nitrogens with one attached hydrogen (secondary N) is 1. The predicted octanol–water partition coefficient (Wildman–Crippen LogP) is 2.38. The van der Waals surface area contributed by atoms with Crippen LogP contribution in [0.15, 0.2) is 30.5 Å². The van der Waals surface area contributed by atoms with E-state index in [4.69, 9.17) is 4.74 Å². The van der Waals surface area contributed by atoms with Crippen LogP contribution in [-0.4, -0.2) is 28.7 Å². The van der Waals surface area contributed by atoms with E-state index in [1.165, 1.54) is 0 Å². The topological polar surface area (TPSA) is 80.6 Å². The van der Waals surface area contributed by atoms with Crippen molar-refractivity contribution in [1.82, 2.24) is 9.88 Å². The molecular formula is C18H22N2O4. The van der Waals surface area contributed by atoms with Crippen molar-refractivity contribution in [2.24, 2.45) is 0 Å². The van der Waals surface area contributed by atoms with Gasteiger partial charge >= 0.3 is 5.97 Å². The quantitative estimate of drug-likeness (QED) is 0.817. The minimum absolute atomic E-state index is 0.0411. The number of aromatic nitrogens is 1. The van der Waals surface area contributed by atoms with Crippen molar-refractivity contribution < 1.29 is 19.4 Å². The number of methoxy groups -OCH3 is 1. The number of ether oxygens (including phenoxy) is 1. The highest BCUT2D eigenvalue weighted by Gasteiger charge is 2.20. The third-order valence-corrected chi connectivity index (χ3v) is 3.91. The van der Waals surface area contributed by atoms with E-state index in [1.54, 1.807) is 20.2 Å². The Morgan fingerprint density at radius 3 is 2.46 bits per heavy atom. The van der Waals surface area contributed by atoms with Crippen LogP contribution in [0.25, 0.3) is 0 Å². The lowest BCUT2D eigenvalue weighted by Gasteiger charge is -2.09. The van der Waals surface area contributed by atoms with E-state index < -0.39 is 5.97 Å². The Hall–Kier alpha value is -2.76. The summed E-state index contributed by atoms with van der Waals surface area (Å²) < 4.78 is 6.90. The fourth-order valence-corrected chi connectivity index (χ4v) is 2.67. The molecule has 1 amide bonds. The zero-order valence-corrected chi connectivity index (χ0v) is 14.1. The van der Waals surface area contributed by atoms with E-state index in [1.807, 2.05) is 35.8 Å². The van der Waals surface area contributed by atoms with Gasteiger partial charge in [-0.3, -0.25) is 4.79 Å². The number of hydrogen-bond donors (Lipinski definition) is 2. The van der Waals surface area contributed by atoms with Gasteiger partial charge in [0.2, 0.25) is 5.91 Å². The highest BCUT2D eigenvalue weighted by Crippen LogP contribution is 2.18. The Morgan fingerprint density at radius 1 is 1.25 bits per heavy atom. The molecule has 6 nitrogen and oxygen atoms in total. The van der Waals surface area contributed by atoms with Crippen LogP contribution in [0, 0.1) is 6.92 Å². The summed E-state index contributed by atoms with van der Waals surface area (Å²) in [6, 6.07) is 7.41. The maximum absolute atomic E-state index is 12.2. The number of aromatic carboxylic acids is 1. The van der Waals surface area contributed by atoms with Crippen LogP contribution < -0.4 is 10.1 Å². The molecule has 0 unspecified atom stereocenters. The average Bonchev–Trinajstić information content (AvgIpc) is 2.88. The SMILES string of the molecule is CCn1cc(C)c(C(=O)O)c1CC(=O)NCc1ccc(OC)cc1. The van der Waals surface area contributed by atoms with E-state index in [9.17, 15) is 14.7 Å². The summed E-state index contributed by atoms with van der Waals surface area (Å²) in [5, 5.41) is 12.2. The molecule has 0 aliphatic heterocycles. The molecule has 128 valence electrons. The van der Waals surface area contributed by atoms with Crippen molar-refractivity contribution in [3.05, 3.63) is 52.8 Å². The Morgan fingerprint density at radius 2 is 1.92 bits per heavy atom. The molecular weight excluding hydrogens is 308 g/mol. The number of aryl methyl sites for hydroxylation is 2. The fraction of sp³-hybridized carbons (Fsp3) is 0.333. The van der Waals surface area contributed by atoms with Crippen LogP contribution >= 0.6 is 0 Å². The van der Waals surface area contributed by atoms with Crippen LogP contribution in [0.5, 0.6) is 5.75 Å². The first-order valence-electron chi connectivity index (χ1n) is 7.77. The van der Waals surface area contributed by atoms with Gasteiger partial charge in [-0.25, -0.2) is 4.79 Å². The summed E-state index contributed by atoms with van der Waals surface area (Å²) in [5.41, 5.74) is 2.37. The molecule has 0 atom stereocenters. The lowest BCUT2D eigenvalue weighted by atomic mass is 10.1. The second-order valence-electron chi connectivity index (χ2n) is 5.53. The summed E-state index contributed by atoms with van der Waals surface area (Å²) in [4.78, 5) is 23.7. The zero-order valence-electron chi connectivity index (χ0n) is 14.1. The summed E-state index contributed by atoms with van der Waals surface area (Å²) in [6.45, 7) is 4.67. The maximum Gasteiger partial charge on any atom is 0.337 e. The van der Waals surface area contributed by atoms with Crippen molar-refractivity contribution in [3.63, 3.8) is 0 Å². The zero-order chi connectivity index (χ0) is 17.7. The van der Waals surface area contributed by atoms with Gasteiger partial charge in [0.1, 0.15) is 5.75 Å². The van der Waals surface area contributed by atoms with E-state index >= 15 is 0 Å². The number of amides is 1. The molecule has 0 spiro atoms. The Bertz CT molecular complexity index is 732. The highest BCUT2D eigenvalue weighted by atomic mass is 16.5. The Labute approximate surface area is 141 Å². The monoisotopic (exact) mass is 330 g/mol. The van der Waals surface area contributed by atoms with Crippen LogP contribution in [0.1, 0.15) is 34.1 Å². The second kappa shape index (κ2) is 7.68. The molecule has 0 aliphatic rings. The molecule has 2 aromatic rings. The lowest BCUT2D eigenvalue weighted by Crippen LogP contribution is -2.26. The van der Waals surface area contributed by atoms with Gasteiger partial charge in [-0.1, -0.05) is 12.1 Å². The maximum atomic E-state index is 12.2. The third kappa shape index (κ3) is 3.95. The van der Waals surface area contributed by atoms with Crippen LogP contribution in [0.4, 0.5) is 0 Å². The third-order valence-electron chi connectivity index (χ3n) is 3.91. The highest BCUT2D eigenvalue weighted by molar-refractivity contribution is 5.93. The summed E-state index contributed by atoms with van der Waals surface area (Å²) in [7, 11) is 1.60. The van der Waals surface area contributed by atoms with Gasteiger partial charge in [-0.05, 0) is 37.1 Å². The minimum Gasteiger partial charge on any atom is -0.497 e. The van der Waals surface area contributed by atoms with E-state index in [0.717, 1.165) is 11.3 Å². The van der Waals surface area contributed by atoms with E-state index in [-0.39, 0.29) is 17.9 Å². The first-order chi connectivity index (χ1) is 11.5. The van der Waals surface area contributed by atoms with Gasteiger partial charge in [0, 0.05) is 25.0 Å². The average molecular weight is 330 g/mol. The molecule has 2 rings (SSSR count). The van der Waals surface area contributed by atoms with Crippen molar-refractivity contribution in [2.75, 3.05) is 7.11 Å². The molecule has 1 aromatic heterocycles. The molecule has 0 bridgehead atoms. The van der Waals surface area contributed by atoms with Gasteiger partial charge < -0.3 is 19.7 Å². The van der Waals surface area contributed by atoms with Crippen molar-refractivity contribution in [1.29, 1.82) is 0 Å². The molecule has 0 saturated heterocycles. The normalized spacial score (nSPS) is 10.5. The van der Waals surface area contributed by atoms with Gasteiger partial charge in [0.05, 0.1) is 19.1 Å². The van der Waals surface area contributed by atoms with E-state index in [2.05, 4.69) is 5.32 Å². The van der Waals surface area contributed by atoms with Crippen molar-refractivity contribution >= 4 is 11.9 Å². The number of benzene rings is 1. The molecule has 1 heterocycles. The number of rotatable bonds is 7. The smallest absolute Gasteiger partial charge is 0.337 e. The Kier molecular flexibility index (Phi) is 5.63. The minimum atomic E-state index is -1.00. The number of carboxylic acid groups (broad SMARTS) is 1. The molecule has 0 fully saturated rings. The van der Waals surface area contributed by atoms with Crippen molar-refractivity contribution in [2.45, 2.75) is 33.4 Å². The molecule has 0 aliphatic carbocycles. The largest absolute Gasteiger partial charge is 0.497 e. The molecule has 1 aromatic carbocycles. The fourth-order valence-electron chi connectivity index (χ4n) is 2.67. The second-order valence-corrected chi connectivity index (χ2v) is 5.53. The molecule has 24 heavy (non-hydrogen) atoms. The van der Waals surface area contributed by atoms with Crippen LogP contribution in [0.3, 0.4) is 0 Å². The number of carboxylic acids is 1. The van der Waals surface area contributed by atoms with Crippen LogP contribution in [0.2, 0.25) is 0 Å². The van der Waals surface area contributed by atoms with Gasteiger partial charge in [-0.2, -0.15) is 0 Å². The lowest BCUT2D eigenvalue weighted by molar-refractivity contribution is -0.120. The standard InChI is InChI=1S/C18H22N2O4/c1-4-20-11-12(2)17(18(22)23)15(20)9-16(21)19-10-13-5-7-14(24-3)8-6-13/h5-8,11H,4,9-10H2,1-3H3,(H,19,21)(H,22,23). The van der Waals surface area contributed by atoms with Crippen molar-refractivity contribution in [3.8, 4) is 5.75 Å². The predicted molar refractivity (Wildman–Crippen MR) is 90.3 cm³/mol. The Balaban J connectivity index is 2.05. The van der Waals surface area contributed by atoms with Crippen LogP contribution in [-0.2, 0) is 24.3 Å². The van der Waals surface area contributed by atoms with Gasteiger partial charge in [-0.15, -0.1) is 0 Å².